The van der Waals surface area contributed by atoms with E-state index < -0.39 is 0 Å². The molecule has 1 aliphatic rings. The summed E-state index contributed by atoms with van der Waals surface area (Å²) in [5.74, 6) is 1.68. The zero-order valence-corrected chi connectivity index (χ0v) is 24.4. The van der Waals surface area contributed by atoms with Crippen LogP contribution in [0.2, 0.25) is 0 Å². The van der Waals surface area contributed by atoms with Crippen LogP contribution in [0.5, 0.6) is 11.5 Å². The van der Waals surface area contributed by atoms with Crippen LogP contribution < -0.4 is 14.8 Å². The normalized spacial score (nSPS) is 14.3. The highest BCUT2D eigenvalue weighted by Crippen LogP contribution is 2.30. The van der Waals surface area contributed by atoms with Crippen LogP contribution in [0.3, 0.4) is 0 Å². The second-order valence-corrected chi connectivity index (χ2v) is 10.8. The number of benzene rings is 3. The highest BCUT2D eigenvalue weighted by molar-refractivity contribution is 6.08. The highest BCUT2D eigenvalue weighted by atomic mass is 16.5. The largest absolute Gasteiger partial charge is 0.495 e. The summed E-state index contributed by atoms with van der Waals surface area (Å²) in [6.45, 7) is 10.6. The van der Waals surface area contributed by atoms with Gasteiger partial charge in [0.15, 0.2) is 0 Å². The minimum absolute atomic E-state index is 0.0613. The Bertz CT molecular complexity index is 1410. The van der Waals surface area contributed by atoms with E-state index in [0.717, 1.165) is 93.2 Å². The van der Waals surface area contributed by atoms with E-state index in [0.29, 0.717) is 12.1 Å². The van der Waals surface area contributed by atoms with Gasteiger partial charge in [-0.3, -0.25) is 4.79 Å². The molecule has 1 aromatic heterocycles. The van der Waals surface area contributed by atoms with Crippen LogP contribution in [0.4, 0.5) is 0 Å². The first-order valence-electron chi connectivity index (χ1n) is 14.7. The molecule has 1 fully saturated rings. The van der Waals surface area contributed by atoms with Crippen molar-refractivity contribution in [3.05, 3.63) is 95.7 Å². The second-order valence-electron chi connectivity index (χ2n) is 10.8. The van der Waals surface area contributed by atoms with E-state index in [2.05, 4.69) is 38.7 Å². The Balaban J connectivity index is 1.11. The summed E-state index contributed by atoms with van der Waals surface area (Å²) in [5, 5.41) is 4.04. The summed E-state index contributed by atoms with van der Waals surface area (Å²) in [6, 6.07) is 24.2. The predicted molar refractivity (Wildman–Crippen MR) is 165 cm³/mol. The molecule has 5 rings (SSSR count). The molecular formula is C34H42N4O3. The van der Waals surface area contributed by atoms with E-state index in [-0.39, 0.29) is 5.91 Å². The molecule has 0 atom stereocenters. The molecule has 41 heavy (non-hydrogen) atoms. The molecule has 7 nitrogen and oxygen atoms in total. The zero-order valence-electron chi connectivity index (χ0n) is 24.4. The molecule has 0 unspecified atom stereocenters. The third-order valence-corrected chi connectivity index (χ3v) is 7.83. The molecule has 3 aromatic carbocycles. The van der Waals surface area contributed by atoms with Crippen molar-refractivity contribution in [2.24, 2.45) is 0 Å². The van der Waals surface area contributed by atoms with Gasteiger partial charge in [-0.05, 0) is 50.1 Å². The van der Waals surface area contributed by atoms with Gasteiger partial charge < -0.3 is 29.2 Å². The van der Waals surface area contributed by atoms with Gasteiger partial charge in [0.2, 0.25) is 0 Å². The Morgan fingerprint density at radius 2 is 1.59 bits per heavy atom. The average Bonchev–Trinajstić information content (AvgIpc) is 3.38. The number of amides is 1. The van der Waals surface area contributed by atoms with Gasteiger partial charge in [-0.2, -0.15) is 0 Å². The standard InChI is InChI=1S/C34H42N4O3/c1-27-10-6-11-28(24-27)25-35-34(39)31-26-38(33-30(31)14-7-15-32(33)40-2)18-8-16-36-19-21-37(22-20-36)17-9-23-41-29-12-4-3-5-13-29/h3-7,10-15,24,26H,8-9,16-23,25H2,1-2H3,(H,35,39). The number of rotatable bonds is 13. The van der Waals surface area contributed by atoms with Crippen LogP contribution in [0.15, 0.2) is 79.0 Å². The number of para-hydroxylation sites is 2. The first-order chi connectivity index (χ1) is 20.1. The quantitative estimate of drug-likeness (QED) is 0.225. The van der Waals surface area contributed by atoms with Crippen LogP contribution in [-0.2, 0) is 13.1 Å². The minimum atomic E-state index is -0.0613. The highest BCUT2D eigenvalue weighted by Gasteiger charge is 2.19. The van der Waals surface area contributed by atoms with Crippen molar-refractivity contribution in [3.63, 3.8) is 0 Å². The number of aryl methyl sites for hydroxylation is 2. The minimum Gasteiger partial charge on any atom is -0.495 e. The van der Waals surface area contributed by atoms with Gasteiger partial charge in [0, 0.05) is 57.4 Å². The summed E-state index contributed by atoms with van der Waals surface area (Å²) < 4.78 is 13.7. The molecule has 7 heteroatoms. The second kappa shape index (κ2) is 14.2. The topological polar surface area (TPSA) is 59.0 Å². The zero-order chi connectivity index (χ0) is 28.4. The lowest BCUT2D eigenvalue weighted by molar-refractivity contribution is 0.0952. The maximum absolute atomic E-state index is 13.3. The van der Waals surface area contributed by atoms with Crippen molar-refractivity contribution in [1.29, 1.82) is 0 Å². The molecule has 0 bridgehead atoms. The molecule has 1 amide bonds. The fourth-order valence-electron chi connectivity index (χ4n) is 5.64. The van der Waals surface area contributed by atoms with E-state index in [1.165, 1.54) is 5.56 Å². The van der Waals surface area contributed by atoms with Gasteiger partial charge in [-0.15, -0.1) is 0 Å². The summed E-state index contributed by atoms with van der Waals surface area (Å²) in [4.78, 5) is 18.4. The van der Waals surface area contributed by atoms with E-state index in [1.807, 2.05) is 66.9 Å². The molecular weight excluding hydrogens is 512 g/mol. The smallest absolute Gasteiger partial charge is 0.253 e. The number of methoxy groups -OCH3 is 1. The van der Waals surface area contributed by atoms with Crippen molar-refractivity contribution < 1.29 is 14.3 Å². The van der Waals surface area contributed by atoms with Crippen LogP contribution in [0, 0.1) is 6.92 Å². The van der Waals surface area contributed by atoms with Crippen molar-refractivity contribution in [1.82, 2.24) is 19.7 Å². The number of nitrogens with zero attached hydrogens (tertiary/aromatic N) is 3. The number of hydrogen-bond acceptors (Lipinski definition) is 5. The van der Waals surface area contributed by atoms with Crippen LogP contribution >= 0.6 is 0 Å². The number of piperazine rings is 1. The number of hydrogen-bond donors (Lipinski definition) is 1. The monoisotopic (exact) mass is 554 g/mol. The number of fused-ring (bicyclic) bond motifs is 1. The van der Waals surface area contributed by atoms with Crippen LogP contribution in [0.25, 0.3) is 10.9 Å². The third-order valence-electron chi connectivity index (χ3n) is 7.83. The summed E-state index contributed by atoms with van der Waals surface area (Å²) in [5.41, 5.74) is 3.96. The number of nitrogens with one attached hydrogen (secondary N) is 1. The lowest BCUT2D eigenvalue weighted by Crippen LogP contribution is -2.47. The number of ether oxygens (including phenoxy) is 2. The molecule has 2 heterocycles. The molecule has 0 radical (unpaired) electrons. The summed E-state index contributed by atoms with van der Waals surface area (Å²) >= 11 is 0. The number of aromatic nitrogens is 1. The van der Waals surface area contributed by atoms with Crippen molar-refractivity contribution in [2.75, 3.05) is 53.0 Å². The van der Waals surface area contributed by atoms with E-state index in [4.69, 9.17) is 9.47 Å². The SMILES string of the molecule is COc1cccc2c(C(=O)NCc3cccc(C)c3)cn(CCCN3CCN(CCCOc4ccccc4)CC3)c12. The molecule has 1 aliphatic heterocycles. The Morgan fingerprint density at radius 1 is 0.854 bits per heavy atom. The first kappa shape index (κ1) is 28.7. The van der Waals surface area contributed by atoms with Gasteiger partial charge in [0.05, 0.1) is 24.8 Å². The Labute approximate surface area is 243 Å². The molecule has 0 saturated carbocycles. The molecule has 4 aromatic rings. The Kier molecular flexibility index (Phi) is 9.94. The molecule has 1 saturated heterocycles. The number of carbonyl (C=O) groups is 1. The summed E-state index contributed by atoms with van der Waals surface area (Å²) in [7, 11) is 1.69. The Morgan fingerprint density at radius 3 is 2.32 bits per heavy atom. The molecule has 0 aliphatic carbocycles. The van der Waals surface area contributed by atoms with E-state index >= 15 is 0 Å². The third kappa shape index (κ3) is 7.69. The van der Waals surface area contributed by atoms with Gasteiger partial charge in [-0.1, -0.05) is 60.2 Å². The maximum Gasteiger partial charge on any atom is 0.253 e. The van der Waals surface area contributed by atoms with Gasteiger partial charge in [0.25, 0.3) is 5.91 Å². The average molecular weight is 555 g/mol. The van der Waals surface area contributed by atoms with Crippen molar-refractivity contribution in [2.45, 2.75) is 32.9 Å². The maximum atomic E-state index is 13.3. The molecule has 216 valence electrons. The Hall–Kier alpha value is -3.81. The van der Waals surface area contributed by atoms with Gasteiger partial charge in [0.1, 0.15) is 11.5 Å². The van der Waals surface area contributed by atoms with Gasteiger partial charge in [-0.25, -0.2) is 0 Å². The fraction of sp³-hybridized carbons (Fsp3) is 0.382. The molecule has 1 N–H and O–H groups in total. The van der Waals surface area contributed by atoms with Gasteiger partial charge >= 0.3 is 0 Å². The van der Waals surface area contributed by atoms with Crippen LogP contribution in [-0.4, -0.2) is 73.3 Å². The van der Waals surface area contributed by atoms with Crippen molar-refractivity contribution >= 4 is 16.8 Å². The van der Waals surface area contributed by atoms with Crippen LogP contribution in [0.1, 0.15) is 34.3 Å². The lowest BCUT2D eigenvalue weighted by Gasteiger charge is -2.34. The fourth-order valence-corrected chi connectivity index (χ4v) is 5.64. The number of carbonyl (C=O) groups excluding carboxylic acids is 1. The first-order valence-corrected chi connectivity index (χ1v) is 14.7. The molecule has 0 spiro atoms. The lowest BCUT2D eigenvalue weighted by atomic mass is 10.1. The van der Waals surface area contributed by atoms with E-state index in [9.17, 15) is 4.79 Å². The summed E-state index contributed by atoms with van der Waals surface area (Å²) in [6.07, 6.45) is 4.05. The predicted octanol–water partition coefficient (Wildman–Crippen LogP) is 5.37. The van der Waals surface area contributed by atoms with Crippen molar-refractivity contribution in [3.8, 4) is 11.5 Å². The van der Waals surface area contributed by atoms with E-state index in [1.54, 1.807) is 7.11 Å².